The molecule has 0 spiro atoms. The van der Waals surface area contributed by atoms with Gasteiger partial charge in [-0.15, -0.1) is 0 Å². The molecule has 4 heteroatoms. The van der Waals surface area contributed by atoms with Gasteiger partial charge in [-0.1, -0.05) is 53.5 Å². The van der Waals surface area contributed by atoms with Gasteiger partial charge in [-0.05, 0) is 37.0 Å². The molecule has 116 valence electrons. The number of hydrogen-bond donors (Lipinski definition) is 0. The van der Waals surface area contributed by atoms with Crippen LogP contribution >= 0.6 is 27.5 Å². The molecule has 21 heavy (non-hydrogen) atoms. The van der Waals surface area contributed by atoms with E-state index in [9.17, 15) is 0 Å². The molecule has 0 aromatic heterocycles. The molecule has 2 bridgehead atoms. The molecule has 2 nitrogen and oxygen atoms in total. The smallest absolute Gasteiger partial charge is 0.0936 e. The maximum atomic E-state index is 6.45. The molecule has 0 unspecified atom stereocenters. The molecule has 1 aromatic carbocycles. The summed E-state index contributed by atoms with van der Waals surface area (Å²) in [6, 6.07) is 7.86. The number of fused-ring (bicyclic) bond motifs is 2. The van der Waals surface area contributed by atoms with Gasteiger partial charge in [0.15, 0.2) is 0 Å². The van der Waals surface area contributed by atoms with Gasteiger partial charge in [0.25, 0.3) is 0 Å². The zero-order valence-corrected chi connectivity index (χ0v) is 15.1. The number of rotatable bonds is 4. The highest BCUT2D eigenvalue weighted by atomic mass is 79.9. The first-order chi connectivity index (χ1) is 9.86. The van der Waals surface area contributed by atoms with Crippen LogP contribution in [0.25, 0.3) is 0 Å². The molecule has 4 atom stereocenters. The van der Waals surface area contributed by atoms with Crippen molar-refractivity contribution in [3.8, 4) is 0 Å². The zero-order chi connectivity index (χ0) is 15.3. The average molecular weight is 374 g/mol. The normalized spacial score (nSPS) is 38.4. The van der Waals surface area contributed by atoms with Gasteiger partial charge in [0.05, 0.1) is 23.9 Å². The van der Waals surface area contributed by atoms with Gasteiger partial charge in [0.2, 0.25) is 0 Å². The third-order valence-electron chi connectivity index (χ3n) is 5.04. The molecule has 2 aliphatic rings. The Morgan fingerprint density at radius 1 is 1.43 bits per heavy atom. The van der Waals surface area contributed by atoms with Crippen LogP contribution in [0.2, 0.25) is 5.02 Å². The van der Waals surface area contributed by atoms with Crippen LogP contribution in [0.4, 0.5) is 0 Å². The molecule has 2 fully saturated rings. The summed E-state index contributed by atoms with van der Waals surface area (Å²) in [5, 5.41) is 0.755. The molecule has 0 amide bonds. The molecule has 0 saturated carbocycles. The van der Waals surface area contributed by atoms with Crippen molar-refractivity contribution in [1.82, 2.24) is 0 Å². The van der Waals surface area contributed by atoms with Crippen LogP contribution in [-0.4, -0.2) is 22.1 Å². The molecular formula is C17H22BrClO2. The number of benzene rings is 1. The Labute approximate surface area is 140 Å². The fourth-order valence-corrected chi connectivity index (χ4v) is 5.38. The maximum Gasteiger partial charge on any atom is 0.0936 e. The third-order valence-corrected chi connectivity index (χ3v) is 6.37. The van der Waals surface area contributed by atoms with Gasteiger partial charge >= 0.3 is 0 Å². The van der Waals surface area contributed by atoms with Crippen LogP contribution in [0.15, 0.2) is 24.3 Å². The van der Waals surface area contributed by atoms with Crippen LogP contribution in [0, 0.1) is 5.92 Å². The molecular weight excluding hydrogens is 352 g/mol. The lowest BCUT2D eigenvalue weighted by molar-refractivity contribution is -0.0955. The van der Waals surface area contributed by atoms with Gasteiger partial charge in [-0.25, -0.2) is 0 Å². The monoisotopic (exact) mass is 372 g/mol. The summed E-state index contributed by atoms with van der Waals surface area (Å²) in [7, 11) is 0. The molecule has 2 aliphatic heterocycles. The highest BCUT2D eigenvalue weighted by Crippen LogP contribution is 2.57. The summed E-state index contributed by atoms with van der Waals surface area (Å²) in [5.74, 6) is 0.475. The Bertz CT molecular complexity index is 535. The van der Waals surface area contributed by atoms with Gasteiger partial charge in [-0.2, -0.15) is 0 Å². The molecule has 0 N–H and O–H groups in total. The molecule has 0 radical (unpaired) electrons. The molecule has 0 aliphatic carbocycles. The van der Waals surface area contributed by atoms with Crippen LogP contribution in [-0.2, 0) is 16.1 Å². The van der Waals surface area contributed by atoms with E-state index in [1.807, 2.05) is 24.3 Å². The Kier molecular flexibility index (Phi) is 4.15. The van der Waals surface area contributed by atoms with E-state index >= 15 is 0 Å². The highest BCUT2D eigenvalue weighted by Gasteiger charge is 2.65. The molecule has 2 heterocycles. The number of halogens is 2. The van der Waals surface area contributed by atoms with Crippen LogP contribution < -0.4 is 0 Å². The van der Waals surface area contributed by atoms with E-state index in [1.165, 1.54) is 0 Å². The largest absolute Gasteiger partial charge is 0.370 e. The van der Waals surface area contributed by atoms with Crippen LogP contribution in [0.5, 0.6) is 0 Å². The Balaban J connectivity index is 1.71. The quantitative estimate of drug-likeness (QED) is 0.694. The van der Waals surface area contributed by atoms with Crippen LogP contribution in [0.3, 0.4) is 0 Å². The maximum absolute atomic E-state index is 6.45. The second-order valence-corrected chi connectivity index (χ2v) is 8.37. The van der Waals surface area contributed by atoms with Crippen molar-refractivity contribution in [2.24, 2.45) is 5.92 Å². The van der Waals surface area contributed by atoms with E-state index in [1.54, 1.807) is 0 Å². The van der Waals surface area contributed by atoms with Crippen LogP contribution in [0.1, 0.15) is 39.2 Å². The van der Waals surface area contributed by atoms with Crippen molar-refractivity contribution < 1.29 is 9.47 Å². The Morgan fingerprint density at radius 3 is 2.81 bits per heavy atom. The Hall–Kier alpha value is -0.0900. The standard InChI is InChI=1S/C17H22BrClO2/c1-11(2)17-9-15(16(3,21-17)8-14(17)18)20-10-12-5-4-6-13(19)7-12/h4-7,11,14-15H,8-10H2,1-3H3/t14-,15+,16-,17+/m0/s1. The third kappa shape index (κ3) is 2.67. The lowest BCUT2D eigenvalue weighted by atomic mass is 9.75. The Morgan fingerprint density at radius 2 is 2.19 bits per heavy atom. The summed E-state index contributed by atoms with van der Waals surface area (Å²) in [5.41, 5.74) is 0.841. The van der Waals surface area contributed by atoms with Crippen molar-refractivity contribution >= 4 is 27.5 Å². The molecule has 3 rings (SSSR count). The number of ether oxygens (including phenoxy) is 2. The van der Waals surface area contributed by atoms with Gasteiger partial charge in [-0.3, -0.25) is 0 Å². The minimum atomic E-state index is -0.184. The zero-order valence-electron chi connectivity index (χ0n) is 12.7. The van der Waals surface area contributed by atoms with Crippen molar-refractivity contribution in [2.45, 2.75) is 62.4 Å². The first-order valence-corrected chi connectivity index (χ1v) is 8.85. The average Bonchev–Trinajstić information content (AvgIpc) is 2.84. The van der Waals surface area contributed by atoms with E-state index in [0.29, 0.717) is 17.4 Å². The van der Waals surface area contributed by atoms with E-state index in [4.69, 9.17) is 21.1 Å². The van der Waals surface area contributed by atoms with Crippen molar-refractivity contribution in [3.05, 3.63) is 34.9 Å². The van der Waals surface area contributed by atoms with E-state index in [2.05, 4.69) is 36.7 Å². The number of alkyl halides is 1. The van der Waals surface area contributed by atoms with E-state index < -0.39 is 0 Å². The number of hydrogen-bond acceptors (Lipinski definition) is 2. The van der Waals surface area contributed by atoms with Gasteiger partial charge < -0.3 is 9.47 Å². The summed E-state index contributed by atoms with van der Waals surface area (Å²) in [6.45, 7) is 7.24. The van der Waals surface area contributed by atoms with Gasteiger partial charge in [0, 0.05) is 16.3 Å². The first-order valence-electron chi connectivity index (χ1n) is 7.56. The van der Waals surface area contributed by atoms with Crippen molar-refractivity contribution in [2.75, 3.05) is 0 Å². The van der Waals surface area contributed by atoms with E-state index in [-0.39, 0.29) is 17.3 Å². The topological polar surface area (TPSA) is 18.5 Å². The van der Waals surface area contributed by atoms with Crippen molar-refractivity contribution in [1.29, 1.82) is 0 Å². The van der Waals surface area contributed by atoms with Gasteiger partial charge in [0.1, 0.15) is 0 Å². The lowest BCUT2D eigenvalue weighted by Gasteiger charge is -2.35. The second kappa shape index (κ2) is 5.52. The summed E-state index contributed by atoms with van der Waals surface area (Å²) < 4.78 is 12.6. The first kappa shape index (κ1) is 15.8. The van der Waals surface area contributed by atoms with E-state index in [0.717, 1.165) is 23.4 Å². The fourth-order valence-electron chi connectivity index (χ4n) is 3.71. The summed E-state index contributed by atoms with van der Waals surface area (Å²) in [6.07, 6.45) is 2.11. The van der Waals surface area contributed by atoms with Crippen molar-refractivity contribution in [3.63, 3.8) is 0 Å². The lowest BCUT2D eigenvalue weighted by Crippen LogP contribution is -2.44. The SMILES string of the molecule is CC(C)[C@]12C[C@@H](OCc3cccc(Cl)c3)[C@](C)(C[C@@H]1Br)O2. The minimum absolute atomic E-state index is 0.0895. The summed E-state index contributed by atoms with van der Waals surface area (Å²) in [4.78, 5) is 0.418. The highest BCUT2D eigenvalue weighted by molar-refractivity contribution is 9.09. The predicted octanol–water partition coefficient (Wildman–Crippen LogP) is 4.97. The molecule has 1 aromatic rings. The molecule has 2 saturated heterocycles. The fraction of sp³-hybridized carbons (Fsp3) is 0.647. The second-order valence-electron chi connectivity index (χ2n) is 6.83. The summed E-state index contributed by atoms with van der Waals surface area (Å²) >= 11 is 9.85. The minimum Gasteiger partial charge on any atom is -0.370 e. The predicted molar refractivity (Wildman–Crippen MR) is 89.0 cm³/mol.